The van der Waals surface area contributed by atoms with Gasteiger partial charge in [0.2, 0.25) is 0 Å². The van der Waals surface area contributed by atoms with Gasteiger partial charge in [-0.25, -0.2) is 0 Å². The van der Waals surface area contributed by atoms with Crippen LogP contribution in [0.2, 0.25) is 4.34 Å². The Bertz CT molecular complexity index is 394. The van der Waals surface area contributed by atoms with E-state index < -0.39 is 0 Å². The highest BCUT2D eigenvalue weighted by Crippen LogP contribution is 2.24. The Kier molecular flexibility index (Phi) is 2.79. The minimum absolute atomic E-state index is 0.270. The molecule has 2 nitrogen and oxygen atoms in total. The molecule has 0 radical (unpaired) electrons. The van der Waals surface area contributed by atoms with Gasteiger partial charge in [0, 0.05) is 12.4 Å². The molecule has 1 N–H and O–H groups in total. The fourth-order valence-electron chi connectivity index (χ4n) is 1.27. The summed E-state index contributed by atoms with van der Waals surface area (Å²) in [6.07, 6.45) is 3.95. The quantitative estimate of drug-likeness (QED) is 0.848. The number of nitrogens with zero attached hydrogens (tertiary/aromatic N) is 1. The Morgan fingerprint density at radius 1 is 1.43 bits per heavy atom. The van der Waals surface area contributed by atoms with Gasteiger partial charge in [-0.05, 0) is 36.1 Å². The number of aromatic nitrogens is 1. The first kappa shape index (κ1) is 9.62. The summed E-state index contributed by atoms with van der Waals surface area (Å²) >= 11 is 7.43. The second-order valence-corrected chi connectivity index (χ2v) is 4.67. The highest BCUT2D eigenvalue weighted by Gasteiger charge is 2.06. The van der Waals surface area contributed by atoms with Crippen molar-refractivity contribution in [2.24, 2.45) is 0 Å². The second kappa shape index (κ2) is 4.07. The zero-order chi connectivity index (χ0) is 9.97. The molecule has 0 aliphatic rings. The molecule has 0 aliphatic carbocycles. The summed E-state index contributed by atoms with van der Waals surface area (Å²) in [6.45, 7) is 2.11. The van der Waals surface area contributed by atoms with Crippen LogP contribution in [0.4, 0.5) is 0 Å². The Morgan fingerprint density at radius 3 is 2.71 bits per heavy atom. The zero-order valence-corrected chi connectivity index (χ0v) is 9.35. The molecule has 0 aliphatic heterocycles. The number of halogens is 1. The molecule has 2 rings (SSSR count). The summed E-state index contributed by atoms with van der Waals surface area (Å²) < 4.78 is 2.78. The number of rotatable bonds is 3. The van der Waals surface area contributed by atoms with Crippen LogP contribution in [-0.2, 0) is 0 Å². The molecule has 1 atom stereocenters. The average molecular weight is 227 g/mol. The minimum Gasteiger partial charge on any atom is -0.319 e. The molecule has 0 saturated heterocycles. The standard InChI is InChI=1S/C10H11ClN2S/c1-8(9-6-10(11)14-7-9)12-13-4-2-3-5-13/h2-8,12H,1H3. The van der Waals surface area contributed by atoms with E-state index in [0.29, 0.717) is 0 Å². The van der Waals surface area contributed by atoms with Crippen molar-refractivity contribution in [2.45, 2.75) is 13.0 Å². The van der Waals surface area contributed by atoms with Crippen LogP contribution in [0.5, 0.6) is 0 Å². The van der Waals surface area contributed by atoms with Gasteiger partial charge >= 0.3 is 0 Å². The molecule has 0 spiro atoms. The van der Waals surface area contributed by atoms with E-state index in [1.54, 1.807) is 11.3 Å². The van der Waals surface area contributed by atoms with Crippen molar-refractivity contribution in [3.05, 3.63) is 45.9 Å². The first-order chi connectivity index (χ1) is 6.75. The Morgan fingerprint density at radius 2 is 2.14 bits per heavy atom. The van der Waals surface area contributed by atoms with Gasteiger partial charge in [-0.15, -0.1) is 11.3 Å². The van der Waals surface area contributed by atoms with Crippen molar-refractivity contribution in [2.75, 3.05) is 5.43 Å². The molecule has 14 heavy (non-hydrogen) atoms. The van der Waals surface area contributed by atoms with Crippen molar-refractivity contribution in [3.8, 4) is 0 Å². The molecular weight excluding hydrogens is 216 g/mol. The maximum absolute atomic E-state index is 5.87. The van der Waals surface area contributed by atoms with Gasteiger partial charge in [0.05, 0.1) is 10.4 Å². The lowest BCUT2D eigenvalue weighted by Gasteiger charge is -2.14. The number of hydrogen-bond donors (Lipinski definition) is 1. The fraction of sp³-hybridized carbons (Fsp3) is 0.200. The summed E-state index contributed by atoms with van der Waals surface area (Å²) in [5.74, 6) is 0. The zero-order valence-electron chi connectivity index (χ0n) is 7.77. The lowest BCUT2D eigenvalue weighted by Crippen LogP contribution is -2.16. The molecule has 0 saturated carbocycles. The highest BCUT2D eigenvalue weighted by atomic mass is 35.5. The molecule has 0 amide bonds. The maximum Gasteiger partial charge on any atom is 0.0931 e. The second-order valence-electron chi connectivity index (χ2n) is 3.13. The van der Waals surface area contributed by atoms with Crippen LogP contribution in [0.25, 0.3) is 0 Å². The Labute approximate surface area is 92.1 Å². The van der Waals surface area contributed by atoms with Gasteiger partial charge < -0.3 is 5.43 Å². The van der Waals surface area contributed by atoms with Crippen molar-refractivity contribution < 1.29 is 0 Å². The number of thiophene rings is 1. The van der Waals surface area contributed by atoms with E-state index in [2.05, 4.69) is 17.7 Å². The van der Waals surface area contributed by atoms with Crippen LogP contribution in [0, 0.1) is 0 Å². The lowest BCUT2D eigenvalue weighted by atomic mass is 10.2. The van der Waals surface area contributed by atoms with Crippen LogP contribution < -0.4 is 5.43 Å². The van der Waals surface area contributed by atoms with Gasteiger partial charge in [-0.2, -0.15) is 0 Å². The molecule has 0 bridgehead atoms. The van der Waals surface area contributed by atoms with E-state index in [1.807, 2.05) is 35.3 Å². The monoisotopic (exact) mass is 226 g/mol. The van der Waals surface area contributed by atoms with Crippen LogP contribution >= 0.6 is 22.9 Å². The van der Waals surface area contributed by atoms with E-state index >= 15 is 0 Å². The van der Waals surface area contributed by atoms with Crippen LogP contribution in [-0.4, -0.2) is 4.68 Å². The van der Waals surface area contributed by atoms with Gasteiger partial charge in [0.1, 0.15) is 0 Å². The summed E-state index contributed by atoms with van der Waals surface area (Å²) in [5.41, 5.74) is 4.53. The third-order valence-corrected chi connectivity index (χ3v) is 3.14. The van der Waals surface area contributed by atoms with E-state index in [-0.39, 0.29) is 6.04 Å². The normalized spacial score (nSPS) is 12.7. The summed E-state index contributed by atoms with van der Waals surface area (Å²) in [5, 5.41) is 2.07. The van der Waals surface area contributed by atoms with Crippen LogP contribution in [0.3, 0.4) is 0 Å². The third kappa shape index (κ3) is 2.11. The molecular formula is C10H11ClN2S. The van der Waals surface area contributed by atoms with Gasteiger partial charge in [-0.1, -0.05) is 11.6 Å². The number of hydrogen-bond acceptors (Lipinski definition) is 2. The van der Waals surface area contributed by atoms with Crippen molar-refractivity contribution in [3.63, 3.8) is 0 Å². The predicted octanol–water partition coefficient (Wildman–Crippen LogP) is 3.51. The van der Waals surface area contributed by atoms with E-state index in [1.165, 1.54) is 5.56 Å². The first-order valence-corrected chi connectivity index (χ1v) is 5.65. The average Bonchev–Trinajstić information content (AvgIpc) is 2.75. The molecule has 2 aromatic rings. The van der Waals surface area contributed by atoms with E-state index in [0.717, 1.165) is 4.34 Å². The van der Waals surface area contributed by atoms with Crippen LogP contribution in [0.15, 0.2) is 36.0 Å². The van der Waals surface area contributed by atoms with Gasteiger partial charge in [0.25, 0.3) is 0 Å². The summed E-state index contributed by atoms with van der Waals surface area (Å²) in [4.78, 5) is 0. The largest absolute Gasteiger partial charge is 0.319 e. The van der Waals surface area contributed by atoms with E-state index in [4.69, 9.17) is 11.6 Å². The smallest absolute Gasteiger partial charge is 0.0931 e. The lowest BCUT2D eigenvalue weighted by molar-refractivity contribution is 0.730. The van der Waals surface area contributed by atoms with Crippen molar-refractivity contribution in [1.82, 2.24) is 4.68 Å². The van der Waals surface area contributed by atoms with Gasteiger partial charge in [0.15, 0.2) is 0 Å². The Balaban J connectivity index is 2.06. The minimum atomic E-state index is 0.270. The highest BCUT2D eigenvalue weighted by molar-refractivity contribution is 7.14. The first-order valence-electron chi connectivity index (χ1n) is 4.39. The van der Waals surface area contributed by atoms with Crippen LogP contribution in [0.1, 0.15) is 18.5 Å². The SMILES string of the molecule is CC(Nn1cccc1)c1csc(Cl)c1. The third-order valence-electron chi connectivity index (χ3n) is 2.03. The summed E-state index contributed by atoms with van der Waals surface area (Å²) in [6, 6.07) is 6.24. The van der Waals surface area contributed by atoms with E-state index in [9.17, 15) is 0 Å². The fourth-order valence-corrected chi connectivity index (χ4v) is 2.25. The predicted molar refractivity (Wildman–Crippen MR) is 61.5 cm³/mol. The Hall–Kier alpha value is -0.930. The molecule has 1 unspecified atom stereocenters. The maximum atomic E-state index is 5.87. The molecule has 2 aromatic heterocycles. The number of nitrogens with one attached hydrogen (secondary N) is 1. The molecule has 4 heteroatoms. The topological polar surface area (TPSA) is 17.0 Å². The molecule has 74 valence electrons. The van der Waals surface area contributed by atoms with Crippen molar-refractivity contribution in [1.29, 1.82) is 0 Å². The molecule has 0 fully saturated rings. The summed E-state index contributed by atoms with van der Waals surface area (Å²) in [7, 11) is 0. The van der Waals surface area contributed by atoms with Gasteiger partial charge in [-0.3, -0.25) is 4.68 Å². The molecule has 2 heterocycles. The molecule has 0 aromatic carbocycles. The van der Waals surface area contributed by atoms with Crippen molar-refractivity contribution >= 4 is 22.9 Å².